The first kappa shape index (κ1) is 10.6. The molecule has 82 valence electrons. The van der Waals surface area contributed by atoms with Crippen LogP contribution in [0.15, 0.2) is 48.0 Å². The van der Waals surface area contributed by atoms with Crippen molar-refractivity contribution in [1.82, 2.24) is 9.55 Å². The van der Waals surface area contributed by atoms with E-state index >= 15 is 0 Å². The first-order chi connectivity index (χ1) is 7.79. The fraction of sp³-hybridized carbons (Fsp3) is 0.231. The molecular formula is C13H15N3. The molecule has 1 aromatic heterocycles. The van der Waals surface area contributed by atoms with Gasteiger partial charge in [0.2, 0.25) is 0 Å². The van der Waals surface area contributed by atoms with Crippen molar-refractivity contribution in [3.8, 4) is 0 Å². The van der Waals surface area contributed by atoms with Crippen LogP contribution in [0.25, 0.3) is 0 Å². The molecule has 0 aliphatic rings. The first-order valence-corrected chi connectivity index (χ1v) is 5.28. The molecule has 0 atom stereocenters. The molecule has 3 heteroatoms. The third-order valence-electron chi connectivity index (χ3n) is 2.51. The average Bonchev–Trinajstić information content (AvgIpc) is 2.78. The van der Waals surface area contributed by atoms with Crippen LogP contribution < -0.4 is 0 Å². The van der Waals surface area contributed by atoms with Gasteiger partial charge < -0.3 is 4.57 Å². The summed E-state index contributed by atoms with van der Waals surface area (Å²) >= 11 is 0. The summed E-state index contributed by atoms with van der Waals surface area (Å²) in [5.74, 6) is 0. The van der Waals surface area contributed by atoms with Gasteiger partial charge in [0.15, 0.2) is 0 Å². The van der Waals surface area contributed by atoms with Crippen molar-refractivity contribution >= 4 is 5.71 Å². The number of aryl methyl sites for hydroxylation is 1. The Morgan fingerprint density at radius 1 is 1.44 bits per heavy atom. The smallest absolute Gasteiger partial charge is 0.0949 e. The number of hydrogen-bond donors (Lipinski definition) is 0. The molecule has 0 unspecified atom stereocenters. The minimum Gasteiger partial charge on any atom is -0.331 e. The van der Waals surface area contributed by atoms with Crippen LogP contribution in [0.3, 0.4) is 0 Å². The van der Waals surface area contributed by atoms with Gasteiger partial charge in [-0.3, -0.25) is 4.99 Å². The summed E-state index contributed by atoms with van der Waals surface area (Å²) in [5.41, 5.74) is 3.50. The summed E-state index contributed by atoms with van der Waals surface area (Å²) in [6.45, 7) is 2.86. The molecule has 0 aliphatic carbocycles. The Balaban J connectivity index is 2.24. The Bertz CT molecular complexity index is 484. The molecule has 0 spiro atoms. The molecule has 0 saturated heterocycles. The second-order valence-corrected chi connectivity index (χ2v) is 3.77. The van der Waals surface area contributed by atoms with Gasteiger partial charge in [0, 0.05) is 19.4 Å². The molecule has 1 heterocycles. The minimum atomic E-state index is 0.764. The standard InChI is InChI=1S/C13H15N3/c1-11-4-3-5-12(8-11)13(14-2)9-16-7-6-15-10-16/h3-8,10H,9H2,1-2H3/b14-13+. The normalized spacial score (nSPS) is 11.8. The fourth-order valence-electron chi connectivity index (χ4n) is 1.67. The van der Waals surface area contributed by atoms with Crippen LogP contribution in [0.1, 0.15) is 11.1 Å². The Labute approximate surface area is 95.5 Å². The Morgan fingerprint density at radius 3 is 2.94 bits per heavy atom. The highest BCUT2D eigenvalue weighted by Crippen LogP contribution is 2.07. The third kappa shape index (κ3) is 2.37. The van der Waals surface area contributed by atoms with E-state index in [0.29, 0.717) is 0 Å². The number of benzene rings is 1. The van der Waals surface area contributed by atoms with Gasteiger partial charge >= 0.3 is 0 Å². The van der Waals surface area contributed by atoms with Gasteiger partial charge in [-0.25, -0.2) is 4.98 Å². The van der Waals surface area contributed by atoms with E-state index in [1.54, 1.807) is 12.5 Å². The SMILES string of the molecule is C/N=C(\Cn1ccnc1)c1cccc(C)c1. The second kappa shape index (κ2) is 4.75. The topological polar surface area (TPSA) is 30.2 Å². The summed E-state index contributed by atoms with van der Waals surface area (Å²) < 4.78 is 2.02. The van der Waals surface area contributed by atoms with Crippen LogP contribution in [0.2, 0.25) is 0 Å². The number of hydrogen-bond acceptors (Lipinski definition) is 2. The van der Waals surface area contributed by atoms with Crippen LogP contribution in [0, 0.1) is 6.92 Å². The van der Waals surface area contributed by atoms with Crippen molar-refractivity contribution in [2.24, 2.45) is 4.99 Å². The summed E-state index contributed by atoms with van der Waals surface area (Å²) in [4.78, 5) is 8.37. The van der Waals surface area contributed by atoms with E-state index in [4.69, 9.17) is 0 Å². The van der Waals surface area contributed by atoms with Crippen molar-refractivity contribution in [3.63, 3.8) is 0 Å². The number of rotatable bonds is 3. The van der Waals surface area contributed by atoms with E-state index in [-0.39, 0.29) is 0 Å². The van der Waals surface area contributed by atoms with Gasteiger partial charge in [0.1, 0.15) is 0 Å². The molecule has 0 N–H and O–H groups in total. The van der Waals surface area contributed by atoms with Crippen molar-refractivity contribution < 1.29 is 0 Å². The van der Waals surface area contributed by atoms with Crippen molar-refractivity contribution in [1.29, 1.82) is 0 Å². The molecule has 0 amide bonds. The zero-order valence-electron chi connectivity index (χ0n) is 9.59. The molecule has 0 radical (unpaired) electrons. The monoisotopic (exact) mass is 213 g/mol. The lowest BCUT2D eigenvalue weighted by molar-refractivity contribution is 0.849. The number of aromatic nitrogens is 2. The number of aliphatic imine (C=N–C) groups is 1. The molecular weight excluding hydrogens is 198 g/mol. The summed E-state index contributed by atoms with van der Waals surface area (Å²) in [6.07, 6.45) is 5.53. The van der Waals surface area contributed by atoms with Crippen LogP contribution in [-0.4, -0.2) is 22.3 Å². The Kier molecular flexibility index (Phi) is 3.15. The number of imidazole rings is 1. The second-order valence-electron chi connectivity index (χ2n) is 3.77. The summed E-state index contributed by atoms with van der Waals surface area (Å²) in [7, 11) is 1.83. The van der Waals surface area contributed by atoms with Gasteiger partial charge in [0.05, 0.1) is 18.6 Å². The van der Waals surface area contributed by atoms with Gasteiger partial charge in [-0.05, 0) is 12.5 Å². The lowest BCUT2D eigenvalue weighted by Crippen LogP contribution is -2.10. The molecule has 2 rings (SSSR count). The quantitative estimate of drug-likeness (QED) is 0.719. The van der Waals surface area contributed by atoms with Crippen LogP contribution in [-0.2, 0) is 6.54 Å². The van der Waals surface area contributed by atoms with Gasteiger partial charge in [-0.2, -0.15) is 0 Å². The van der Waals surface area contributed by atoms with Crippen molar-refractivity contribution in [2.45, 2.75) is 13.5 Å². The number of nitrogens with zero attached hydrogens (tertiary/aromatic N) is 3. The van der Waals surface area contributed by atoms with Crippen LogP contribution >= 0.6 is 0 Å². The molecule has 3 nitrogen and oxygen atoms in total. The van der Waals surface area contributed by atoms with E-state index in [2.05, 4.69) is 41.2 Å². The van der Waals surface area contributed by atoms with Crippen molar-refractivity contribution in [2.75, 3.05) is 7.05 Å². The van der Waals surface area contributed by atoms with Gasteiger partial charge in [-0.1, -0.05) is 29.8 Å². The molecule has 0 fully saturated rings. The van der Waals surface area contributed by atoms with E-state index in [9.17, 15) is 0 Å². The zero-order chi connectivity index (χ0) is 11.4. The van der Waals surface area contributed by atoms with E-state index in [1.165, 1.54) is 11.1 Å². The fourth-order valence-corrected chi connectivity index (χ4v) is 1.67. The minimum absolute atomic E-state index is 0.764. The van der Waals surface area contributed by atoms with Crippen molar-refractivity contribution in [3.05, 3.63) is 54.1 Å². The molecule has 1 aromatic carbocycles. The average molecular weight is 213 g/mol. The van der Waals surface area contributed by atoms with Gasteiger partial charge in [0.25, 0.3) is 0 Å². The predicted octanol–water partition coefficient (Wildman–Crippen LogP) is 2.31. The highest BCUT2D eigenvalue weighted by Gasteiger charge is 2.03. The highest BCUT2D eigenvalue weighted by molar-refractivity contribution is 6.00. The van der Waals surface area contributed by atoms with Gasteiger partial charge in [-0.15, -0.1) is 0 Å². The maximum Gasteiger partial charge on any atom is 0.0949 e. The Hall–Kier alpha value is -1.90. The predicted molar refractivity (Wildman–Crippen MR) is 65.9 cm³/mol. The lowest BCUT2D eigenvalue weighted by Gasteiger charge is -2.07. The third-order valence-corrected chi connectivity index (χ3v) is 2.51. The van der Waals surface area contributed by atoms with Crippen LogP contribution in [0.4, 0.5) is 0 Å². The highest BCUT2D eigenvalue weighted by atomic mass is 15.0. The van der Waals surface area contributed by atoms with Crippen LogP contribution in [0.5, 0.6) is 0 Å². The zero-order valence-corrected chi connectivity index (χ0v) is 9.59. The van der Waals surface area contributed by atoms with E-state index < -0.39 is 0 Å². The summed E-state index contributed by atoms with van der Waals surface area (Å²) in [6, 6.07) is 8.39. The lowest BCUT2D eigenvalue weighted by atomic mass is 10.1. The largest absolute Gasteiger partial charge is 0.331 e. The molecule has 0 aliphatic heterocycles. The molecule has 0 bridgehead atoms. The Morgan fingerprint density at radius 2 is 2.31 bits per heavy atom. The maximum atomic E-state index is 4.34. The van der Waals surface area contributed by atoms with E-state index in [0.717, 1.165) is 12.3 Å². The molecule has 0 saturated carbocycles. The van der Waals surface area contributed by atoms with E-state index in [1.807, 2.05) is 17.8 Å². The maximum absolute atomic E-state index is 4.34. The molecule has 16 heavy (non-hydrogen) atoms. The summed E-state index contributed by atoms with van der Waals surface area (Å²) in [5, 5.41) is 0. The first-order valence-electron chi connectivity index (χ1n) is 5.28. The molecule has 2 aromatic rings.